The summed E-state index contributed by atoms with van der Waals surface area (Å²) in [6.07, 6.45) is 1.91. The van der Waals surface area contributed by atoms with E-state index in [0.717, 1.165) is 16.7 Å². The molecule has 0 aliphatic carbocycles. The molecule has 0 atom stereocenters. The third-order valence-corrected chi connectivity index (χ3v) is 4.53. The van der Waals surface area contributed by atoms with Crippen molar-refractivity contribution in [2.24, 2.45) is 0 Å². The summed E-state index contributed by atoms with van der Waals surface area (Å²) in [5.41, 5.74) is 5.51. The monoisotopic (exact) mass is 359 g/mol. The van der Waals surface area contributed by atoms with Gasteiger partial charge in [0, 0.05) is 18.8 Å². The first-order valence-electron chi connectivity index (χ1n) is 8.64. The Labute approximate surface area is 156 Å². The largest absolute Gasteiger partial charge is 0.354 e. The number of halogens is 1. The summed E-state index contributed by atoms with van der Waals surface area (Å²) < 4.78 is 15.1. The molecule has 0 fully saturated rings. The number of nitrogens with zero attached hydrogens (tertiary/aromatic N) is 2. The van der Waals surface area contributed by atoms with Crippen LogP contribution in [0.25, 0.3) is 28.0 Å². The zero-order valence-corrected chi connectivity index (χ0v) is 15.0. The van der Waals surface area contributed by atoms with Crippen LogP contribution in [0, 0.1) is 12.7 Å². The lowest BCUT2D eigenvalue weighted by Gasteiger charge is -2.07. The van der Waals surface area contributed by atoms with Crippen LogP contribution in [0.15, 0.2) is 66.9 Å². The molecule has 0 aliphatic heterocycles. The summed E-state index contributed by atoms with van der Waals surface area (Å²) in [6, 6.07) is 18.0. The molecule has 1 amide bonds. The van der Waals surface area contributed by atoms with Gasteiger partial charge in [0.1, 0.15) is 22.9 Å². The van der Waals surface area contributed by atoms with Crippen LogP contribution in [0.2, 0.25) is 0 Å². The summed E-state index contributed by atoms with van der Waals surface area (Å²) in [5, 5.41) is 2.68. The first-order valence-corrected chi connectivity index (χ1v) is 8.64. The van der Waals surface area contributed by atoms with Crippen molar-refractivity contribution in [2.45, 2.75) is 6.92 Å². The Morgan fingerprint density at radius 2 is 1.74 bits per heavy atom. The van der Waals surface area contributed by atoms with Gasteiger partial charge in [-0.05, 0) is 54.4 Å². The van der Waals surface area contributed by atoms with Crippen molar-refractivity contribution in [3.63, 3.8) is 0 Å². The highest BCUT2D eigenvalue weighted by molar-refractivity contribution is 5.99. The Kier molecular flexibility index (Phi) is 4.20. The van der Waals surface area contributed by atoms with Gasteiger partial charge in [-0.15, -0.1) is 0 Å². The molecule has 4 nitrogen and oxygen atoms in total. The fourth-order valence-corrected chi connectivity index (χ4v) is 3.18. The SMILES string of the molecule is CNC(=O)c1c(-c2ccc(F)cc2)nc2ccc(-c3cccc(C)c3)cn12. The number of rotatable bonds is 3. The van der Waals surface area contributed by atoms with Crippen LogP contribution in [0.5, 0.6) is 0 Å². The summed E-state index contributed by atoms with van der Waals surface area (Å²) in [6.45, 7) is 2.04. The Hall–Kier alpha value is -3.47. The number of aromatic nitrogens is 2. The number of aryl methyl sites for hydroxylation is 1. The van der Waals surface area contributed by atoms with Crippen LogP contribution in [0.4, 0.5) is 4.39 Å². The molecule has 0 unspecified atom stereocenters. The minimum atomic E-state index is -0.328. The van der Waals surface area contributed by atoms with Crippen LogP contribution in [-0.2, 0) is 0 Å². The first kappa shape index (κ1) is 17.0. The van der Waals surface area contributed by atoms with Crippen LogP contribution in [-0.4, -0.2) is 22.3 Å². The van der Waals surface area contributed by atoms with E-state index in [1.54, 1.807) is 23.6 Å². The summed E-state index contributed by atoms with van der Waals surface area (Å²) in [5.74, 6) is -0.575. The number of nitrogens with one attached hydrogen (secondary N) is 1. The highest BCUT2D eigenvalue weighted by Gasteiger charge is 2.20. The molecule has 2 heterocycles. The van der Waals surface area contributed by atoms with Gasteiger partial charge < -0.3 is 5.32 Å². The Morgan fingerprint density at radius 1 is 1.00 bits per heavy atom. The Balaban J connectivity index is 1.95. The zero-order valence-electron chi connectivity index (χ0n) is 15.0. The second kappa shape index (κ2) is 6.68. The number of hydrogen-bond donors (Lipinski definition) is 1. The molecule has 0 aliphatic rings. The van der Waals surface area contributed by atoms with E-state index in [4.69, 9.17) is 0 Å². The van der Waals surface area contributed by atoms with E-state index in [-0.39, 0.29) is 11.7 Å². The van der Waals surface area contributed by atoms with Gasteiger partial charge in [0.05, 0.1) is 0 Å². The molecule has 1 N–H and O–H groups in total. The zero-order chi connectivity index (χ0) is 19.0. The van der Waals surface area contributed by atoms with Crippen LogP contribution >= 0.6 is 0 Å². The van der Waals surface area contributed by atoms with Gasteiger partial charge in [-0.3, -0.25) is 9.20 Å². The van der Waals surface area contributed by atoms with Crippen molar-refractivity contribution >= 4 is 11.6 Å². The van der Waals surface area contributed by atoms with Crippen LogP contribution < -0.4 is 5.32 Å². The topological polar surface area (TPSA) is 46.4 Å². The molecule has 0 bridgehead atoms. The fourth-order valence-electron chi connectivity index (χ4n) is 3.18. The maximum absolute atomic E-state index is 13.3. The molecule has 134 valence electrons. The normalized spacial score (nSPS) is 10.9. The van der Waals surface area contributed by atoms with E-state index < -0.39 is 0 Å². The Bertz CT molecular complexity index is 1150. The second-order valence-electron chi connectivity index (χ2n) is 6.41. The Morgan fingerprint density at radius 3 is 2.44 bits per heavy atom. The molecule has 27 heavy (non-hydrogen) atoms. The smallest absolute Gasteiger partial charge is 0.270 e. The van der Waals surface area contributed by atoms with Gasteiger partial charge >= 0.3 is 0 Å². The standard InChI is InChI=1S/C22H18FN3O/c1-14-4-3-5-16(12-14)17-8-11-19-25-20(15-6-9-18(23)10-7-15)21(22(27)24-2)26(19)13-17/h3-13H,1-2H3,(H,24,27). The number of benzene rings is 2. The maximum atomic E-state index is 13.3. The van der Waals surface area contributed by atoms with Crippen molar-refractivity contribution < 1.29 is 9.18 Å². The predicted molar refractivity (Wildman–Crippen MR) is 104 cm³/mol. The van der Waals surface area contributed by atoms with Crippen molar-refractivity contribution in [1.82, 2.24) is 14.7 Å². The van der Waals surface area contributed by atoms with Crippen LogP contribution in [0.3, 0.4) is 0 Å². The van der Waals surface area contributed by atoms with Gasteiger partial charge in [0.2, 0.25) is 0 Å². The highest BCUT2D eigenvalue weighted by atomic mass is 19.1. The summed E-state index contributed by atoms with van der Waals surface area (Å²) >= 11 is 0. The molecule has 4 rings (SSSR count). The summed E-state index contributed by atoms with van der Waals surface area (Å²) in [7, 11) is 1.58. The van der Waals surface area contributed by atoms with E-state index >= 15 is 0 Å². The number of imidazole rings is 1. The van der Waals surface area contributed by atoms with Gasteiger partial charge in [-0.2, -0.15) is 0 Å². The van der Waals surface area contributed by atoms with E-state index in [2.05, 4.69) is 16.4 Å². The number of amides is 1. The number of pyridine rings is 1. The highest BCUT2D eigenvalue weighted by Crippen LogP contribution is 2.28. The minimum absolute atomic E-state index is 0.247. The lowest BCUT2D eigenvalue weighted by atomic mass is 10.1. The summed E-state index contributed by atoms with van der Waals surface area (Å²) in [4.78, 5) is 17.2. The average molecular weight is 359 g/mol. The molecule has 5 heteroatoms. The molecule has 2 aromatic heterocycles. The fraction of sp³-hybridized carbons (Fsp3) is 0.0909. The van der Waals surface area contributed by atoms with E-state index in [1.165, 1.54) is 12.1 Å². The third kappa shape index (κ3) is 3.08. The molecule has 0 radical (unpaired) electrons. The van der Waals surface area contributed by atoms with Gasteiger partial charge in [-0.1, -0.05) is 29.8 Å². The molecular formula is C22H18FN3O. The molecule has 2 aromatic carbocycles. The van der Waals surface area contributed by atoms with Crippen molar-refractivity contribution in [3.05, 3.63) is 83.9 Å². The van der Waals surface area contributed by atoms with Crippen LogP contribution in [0.1, 0.15) is 16.1 Å². The number of carbonyl (C=O) groups is 1. The molecule has 0 spiro atoms. The first-order chi connectivity index (χ1) is 13.1. The number of hydrogen-bond acceptors (Lipinski definition) is 2. The lowest BCUT2D eigenvalue weighted by Crippen LogP contribution is -2.20. The molecule has 0 saturated carbocycles. The average Bonchev–Trinajstić information content (AvgIpc) is 3.06. The van der Waals surface area contributed by atoms with E-state index in [0.29, 0.717) is 22.6 Å². The maximum Gasteiger partial charge on any atom is 0.270 e. The van der Waals surface area contributed by atoms with Crippen molar-refractivity contribution in [2.75, 3.05) is 7.05 Å². The van der Waals surface area contributed by atoms with Gasteiger partial charge in [0.25, 0.3) is 5.91 Å². The predicted octanol–water partition coefficient (Wildman–Crippen LogP) is 4.48. The number of fused-ring (bicyclic) bond motifs is 1. The molecular weight excluding hydrogens is 341 g/mol. The van der Waals surface area contributed by atoms with Gasteiger partial charge in [0.15, 0.2) is 0 Å². The number of carbonyl (C=O) groups excluding carboxylic acids is 1. The quantitative estimate of drug-likeness (QED) is 0.586. The van der Waals surface area contributed by atoms with E-state index in [1.807, 2.05) is 43.5 Å². The second-order valence-corrected chi connectivity index (χ2v) is 6.41. The molecule has 4 aromatic rings. The molecule has 0 saturated heterocycles. The van der Waals surface area contributed by atoms with E-state index in [9.17, 15) is 9.18 Å². The van der Waals surface area contributed by atoms with Gasteiger partial charge in [-0.25, -0.2) is 9.37 Å². The van der Waals surface area contributed by atoms with Crippen molar-refractivity contribution in [1.29, 1.82) is 0 Å². The third-order valence-electron chi connectivity index (χ3n) is 4.53. The van der Waals surface area contributed by atoms with Crippen molar-refractivity contribution in [3.8, 4) is 22.4 Å². The lowest BCUT2D eigenvalue weighted by molar-refractivity contribution is 0.0958. The minimum Gasteiger partial charge on any atom is -0.354 e.